The average Bonchev–Trinajstić information content (AvgIpc) is 2.91. The standard InChI is InChI=1S/C14H16BrN3O3/c1-2-21-14(19)11-9-18-8-10(15)7-12(13(18)16-11)17-3-5-20-6-4-17/h7-9H,2-6H2,1H3. The molecule has 0 saturated carbocycles. The third-order valence-corrected chi connectivity index (χ3v) is 3.77. The summed E-state index contributed by atoms with van der Waals surface area (Å²) in [5.41, 5.74) is 2.07. The molecule has 21 heavy (non-hydrogen) atoms. The maximum Gasteiger partial charge on any atom is 0.358 e. The van der Waals surface area contributed by atoms with E-state index in [-0.39, 0.29) is 0 Å². The Morgan fingerprint density at radius 1 is 1.43 bits per heavy atom. The lowest BCUT2D eigenvalue weighted by atomic mass is 10.3. The van der Waals surface area contributed by atoms with Gasteiger partial charge >= 0.3 is 5.97 Å². The summed E-state index contributed by atoms with van der Waals surface area (Å²) in [4.78, 5) is 18.5. The number of pyridine rings is 1. The van der Waals surface area contributed by atoms with E-state index in [4.69, 9.17) is 9.47 Å². The van der Waals surface area contributed by atoms with Crippen LogP contribution in [0.4, 0.5) is 5.69 Å². The molecule has 0 amide bonds. The molecule has 0 radical (unpaired) electrons. The van der Waals surface area contributed by atoms with Gasteiger partial charge in [0.05, 0.1) is 25.5 Å². The monoisotopic (exact) mass is 353 g/mol. The fourth-order valence-electron chi connectivity index (χ4n) is 2.39. The number of hydrogen-bond acceptors (Lipinski definition) is 5. The average molecular weight is 354 g/mol. The first kappa shape index (κ1) is 14.3. The minimum absolute atomic E-state index is 0.324. The van der Waals surface area contributed by atoms with Crippen molar-refractivity contribution < 1.29 is 14.3 Å². The highest BCUT2D eigenvalue weighted by molar-refractivity contribution is 9.10. The van der Waals surface area contributed by atoms with Gasteiger partial charge in [-0.05, 0) is 28.9 Å². The molecule has 7 heteroatoms. The van der Waals surface area contributed by atoms with Gasteiger partial charge in [-0.1, -0.05) is 0 Å². The van der Waals surface area contributed by atoms with E-state index in [0.29, 0.717) is 25.5 Å². The van der Waals surface area contributed by atoms with Crippen LogP contribution in [0, 0.1) is 0 Å². The number of anilines is 1. The van der Waals surface area contributed by atoms with Gasteiger partial charge < -0.3 is 18.8 Å². The Hall–Kier alpha value is -1.60. The molecule has 2 aromatic rings. The lowest BCUT2D eigenvalue weighted by molar-refractivity contribution is 0.0520. The van der Waals surface area contributed by atoms with Gasteiger partial charge in [0.15, 0.2) is 11.3 Å². The number of aromatic nitrogens is 2. The SMILES string of the molecule is CCOC(=O)c1cn2cc(Br)cc(N3CCOCC3)c2n1. The van der Waals surface area contributed by atoms with Crippen LogP contribution in [0.1, 0.15) is 17.4 Å². The van der Waals surface area contributed by atoms with Crippen LogP contribution in [0.5, 0.6) is 0 Å². The number of halogens is 1. The summed E-state index contributed by atoms with van der Waals surface area (Å²) < 4.78 is 13.2. The van der Waals surface area contributed by atoms with Crippen LogP contribution in [0.15, 0.2) is 22.9 Å². The van der Waals surface area contributed by atoms with E-state index in [1.54, 1.807) is 13.1 Å². The number of carbonyl (C=O) groups is 1. The summed E-state index contributed by atoms with van der Waals surface area (Å²) in [6.45, 7) is 5.14. The minimum atomic E-state index is -0.398. The van der Waals surface area contributed by atoms with E-state index in [1.165, 1.54) is 0 Å². The maximum atomic E-state index is 11.8. The lowest BCUT2D eigenvalue weighted by Crippen LogP contribution is -2.36. The number of rotatable bonds is 3. The molecule has 3 rings (SSSR count). The van der Waals surface area contributed by atoms with E-state index in [9.17, 15) is 4.79 Å². The van der Waals surface area contributed by atoms with Crippen LogP contribution in [-0.2, 0) is 9.47 Å². The molecule has 1 fully saturated rings. The van der Waals surface area contributed by atoms with Crippen molar-refractivity contribution in [3.63, 3.8) is 0 Å². The van der Waals surface area contributed by atoms with Crippen molar-refractivity contribution in [2.45, 2.75) is 6.92 Å². The van der Waals surface area contributed by atoms with Crippen molar-refractivity contribution in [1.29, 1.82) is 0 Å². The smallest absolute Gasteiger partial charge is 0.358 e. The molecular weight excluding hydrogens is 338 g/mol. The lowest BCUT2D eigenvalue weighted by Gasteiger charge is -2.29. The van der Waals surface area contributed by atoms with E-state index < -0.39 is 5.97 Å². The van der Waals surface area contributed by atoms with Crippen molar-refractivity contribution in [1.82, 2.24) is 9.38 Å². The number of fused-ring (bicyclic) bond motifs is 1. The molecule has 0 unspecified atom stereocenters. The fraction of sp³-hybridized carbons (Fsp3) is 0.429. The van der Waals surface area contributed by atoms with E-state index >= 15 is 0 Å². The van der Waals surface area contributed by atoms with Crippen molar-refractivity contribution in [3.8, 4) is 0 Å². The zero-order chi connectivity index (χ0) is 14.8. The van der Waals surface area contributed by atoms with Crippen molar-refractivity contribution in [3.05, 3.63) is 28.6 Å². The number of hydrogen-bond donors (Lipinski definition) is 0. The largest absolute Gasteiger partial charge is 0.461 e. The second-order valence-electron chi connectivity index (χ2n) is 4.72. The third kappa shape index (κ3) is 2.89. The van der Waals surface area contributed by atoms with E-state index in [2.05, 4.69) is 25.8 Å². The third-order valence-electron chi connectivity index (χ3n) is 3.33. The molecular formula is C14H16BrN3O3. The summed E-state index contributed by atoms with van der Waals surface area (Å²) in [5, 5.41) is 0. The van der Waals surface area contributed by atoms with Crippen LogP contribution in [0.3, 0.4) is 0 Å². The zero-order valence-corrected chi connectivity index (χ0v) is 13.3. The molecule has 1 aliphatic heterocycles. The van der Waals surface area contributed by atoms with Gasteiger partial charge in [0.2, 0.25) is 0 Å². The topological polar surface area (TPSA) is 56.1 Å². The van der Waals surface area contributed by atoms with Gasteiger partial charge in [0.1, 0.15) is 0 Å². The summed E-state index contributed by atoms with van der Waals surface area (Å²) in [6.07, 6.45) is 3.58. The zero-order valence-electron chi connectivity index (χ0n) is 11.7. The molecule has 112 valence electrons. The molecule has 0 spiro atoms. The molecule has 0 N–H and O–H groups in total. The highest BCUT2D eigenvalue weighted by atomic mass is 79.9. The Balaban J connectivity index is 2.04. The second kappa shape index (κ2) is 6.03. The van der Waals surface area contributed by atoms with Gasteiger partial charge in [-0.3, -0.25) is 0 Å². The maximum absolute atomic E-state index is 11.8. The Morgan fingerprint density at radius 2 is 2.19 bits per heavy atom. The number of carbonyl (C=O) groups excluding carboxylic acids is 1. The Morgan fingerprint density at radius 3 is 2.90 bits per heavy atom. The van der Waals surface area contributed by atoms with Gasteiger partial charge in [0.25, 0.3) is 0 Å². The molecule has 2 aromatic heterocycles. The molecule has 1 aliphatic rings. The molecule has 3 heterocycles. The van der Waals surface area contributed by atoms with Crippen LogP contribution in [0.25, 0.3) is 5.65 Å². The van der Waals surface area contributed by atoms with Gasteiger partial charge in [0, 0.05) is 30.0 Å². The van der Waals surface area contributed by atoms with Crippen LogP contribution in [-0.4, -0.2) is 48.3 Å². The van der Waals surface area contributed by atoms with Crippen LogP contribution >= 0.6 is 15.9 Å². The quantitative estimate of drug-likeness (QED) is 0.791. The number of esters is 1. The normalized spacial score (nSPS) is 15.4. The fourth-order valence-corrected chi connectivity index (χ4v) is 2.82. The first-order valence-corrected chi connectivity index (χ1v) is 7.66. The van der Waals surface area contributed by atoms with Gasteiger partial charge in [-0.2, -0.15) is 0 Å². The van der Waals surface area contributed by atoms with Crippen molar-refractivity contribution in [2.24, 2.45) is 0 Å². The number of ether oxygens (including phenoxy) is 2. The first-order valence-electron chi connectivity index (χ1n) is 6.87. The Labute approximate surface area is 130 Å². The first-order chi connectivity index (χ1) is 10.2. The van der Waals surface area contributed by atoms with E-state index in [0.717, 1.165) is 28.9 Å². The number of imidazole rings is 1. The molecule has 6 nitrogen and oxygen atoms in total. The van der Waals surface area contributed by atoms with Crippen LogP contribution in [0.2, 0.25) is 0 Å². The summed E-state index contributed by atoms with van der Waals surface area (Å²) in [5.74, 6) is -0.398. The number of morpholine rings is 1. The second-order valence-corrected chi connectivity index (χ2v) is 5.64. The Kier molecular flexibility index (Phi) is 4.12. The predicted octanol–water partition coefficient (Wildman–Crippen LogP) is 2.11. The summed E-state index contributed by atoms with van der Waals surface area (Å²) in [6, 6.07) is 2.02. The van der Waals surface area contributed by atoms with Gasteiger partial charge in [-0.25, -0.2) is 9.78 Å². The molecule has 0 atom stereocenters. The Bertz CT molecular complexity index is 665. The summed E-state index contributed by atoms with van der Waals surface area (Å²) >= 11 is 3.50. The van der Waals surface area contributed by atoms with Gasteiger partial charge in [-0.15, -0.1) is 0 Å². The minimum Gasteiger partial charge on any atom is -0.461 e. The number of nitrogens with zero attached hydrogens (tertiary/aromatic N) is 3. The molecule has 0 aliphatic carbocycles. The predicted molar refractivity (Wildman–Crippen MR) is 81.9 cm³/mol. The highest BCUT2D eigenvalue weighted by Gasteiger charge is 2.19. The van der Waals surface area contributed by atoms with Crippen molar-refractivity contribution in [2.75, 3.05) is 37.8 Å². The summed E-state index contributed by atoms with van der Waals surface area (Å²) in [7, 11) is 0. The molecule has 0 aromatic carbocycles. The van der Waals surface area contributed by atoms with Crippen LogP contribution < -0.4 is 4.90 Å². The molecule has 0 bridgehead atoms. The molecule has 1 saturated heterocycles. The van der Waals surface area contributed by atoms with Crippen molar-refractivity contribution >= 4 is 33.2 Å². The highest BCUT2D eigenvalue weighted by Crippen LogP contribution is 2.26. The van der Waals surface area contributed by atoms with E-state index in [1.807, 2.05) is 16.7 Å².